The summed E-state index contributed by atoms with van der Waals surface area (Å²) < 4.78 is 2.83. The fraction of sp³-hybridized carbons (Fsp3) is 0.0870. The van der Waals surface area contributed by atoms with E-state index in [0.717, 1.165) is 15.8 Å². The molecule has 0 atom stereocenters. The molecule has 2 aromatic carbocycles. The van der Waals surface area contributed by atoms with Gasteiger partial charge >= 0.3 is 205 Å². The first kappa shape index (κ1) is 20.8. The average Bonchev–Trinajstić information content (AvgIpc) is 3.25. The molecule has 3 aromatic rings. The third-order valence-corrected chi connectivity index (χ3v) is 10.0. The van der Waals surface area contributed by atoms with Gasteiger partial charge in [-0.05, 0) is 0 Å². The van der Waals surface area contributed by atoms with E-state index in [9.17, 15) is 9.59 Å². The van der Waals surface area contributed by atoms with Gasteiger partial charge in [-0.3, -0.25) is 0 Å². The summed E-state index contributed by atoms with van der Waals surface area (Å²) in [6.07, 6.45) is 1.77. The zero-order valence-corrected chi connectivity index (χ0v) is 21.6. The first-order valence-corrected chi connectivity index (χ1v) is 13.2. The molecule has 0 N–H and O–H groups in total. The number of nitrogens with zero attached hydrogens (tertiary/aromatic N) is 3. The molecule has 2 amide bonds. The first-order valence-electron chi connectivity index (χ1n) is 9.53. The number of amides is 2. The van der Waals surface area contributed by atoms with Crippen molar-refractivity contribution >= 4 is 85.7 Å². The van der Waals surface area contributed by atoms with Crippen LogP contribution in [-0.4, -0.2) is 75.8 Å². The van der Waals surface area contributed by atoms with E-state index in [1.807, 2.05) is 6.07 Å². The minimum absolute atomic E-state index is 0.0379. The van der Waals surface area contributed by atoms with Crippen LogP contribution in [0.15, 0.2) is 76.0 Å². The standard InChI is InChI=1S/C23H17N3O2SSeTe/c1-24-21(27)15(22(28)25(2)23(24)31)13-14-11-12-20(30-14)26-16-7-3-5-9-18(16)29-19-10-6-4-8-17(19)26/h3-13H,1-2H3. The normalized spacial score (nSPS) is 15.9. The second-order valence-electron chi connectivity index (χ2n) is 7.12. The second-order valence-corrected chi connectivity index (χ2v) is 11.5. The van der Waals surface area contributed by atoms with Crippen LogP contribution >= 0.6 is 11.8 Å². The molecule has 154 valence electrons. The Labute approximate surface area is 203 Å². The Morgan fingerprint density at radius 1 is 0.839 bits per heavy atom. The molecule has 1 fully saturated rings. The Hall–Kier alpha value is -2.07. The number of hydrogen-bond donors (Lipinski definition) is 0. The fourth-order valence-electron chi connectivity index (χ4n) is 3.60. The van der Waals surface area contributed by atoms with Gasteiger partial charge in [0, 0.05) is 0 Å². The summed E-state index contributed by atoms with van der Waals surface area (Å²) >= 11 is 3.43. The van der Waals surface area contributed by atoms with Crippen LogP contribution in [0.1, 0.15) is 4.44 Å². The molecule has 8 heteroatoms. The molecule has 2 aliphatic rings. The van der Waals surface area contributed by atoms with E-state index in [-0.39, 0.29) is 31.9 Å². The Morgan fingerprint density at radius 2 is 1.39 bits per heavy atom. The average molecular weight is 606 g/mol. The Kier molecular flexibility index (Phi) is 5.45. The molecule has 2 aliphatic heterocycles. The molecule has 1 saturated heterocycles. The molecule has 0 bridgehead atoms. The molecule has 5 nitrogen and oxygen atoms in total. The van der Waals surface area contributed by atoms with E-state index in [0.29, 0.717) is 3.80 Å². The van der Waals surface area contributed by atoms with Gasteiger partial charge in [0.2, 0.25) is 0 Å². The monoisotopic (exact) mass is 609 g/mol. The van der Waals surface area contributed by atoms with Crippen LogP contribution < -0.4 is 4.90 Å². The molecule has 0 aliphatic carbocycles. The minimum atomic E-state index is -0.251. The molecule has 0 spiro atoms. The first-order chi connectivity index (χ1) is 15.0. The van der Waals surface area contributed by atoms with Crippen molar-refractivity contribution in [3.63, 3.8) is 0 Å². The summed E-state index contributed by atoms with van der Waals surface area (Å²) in [6.45, 7) is 0. The van der Waals surface area contributed by atoms with Crippen molar-refractivity contribution in [1.29, 1.82) is 0 Å². The van der Waals surface area contributed by atoms with Crippen molar-refractivity contribution in [2.45, 2.75) is 9.79 Å². The second kappa shape index (κ2) is 8.12. The molecule has 0 saturated carbocycles. The van der Waals surface area contributed by atoms with E-state index in [4.69, 9.17) is 0 Å². The van der Waals surface area contributed by atoms with Crippen LogP contribution in [0.5, 0.6) is 0 Å². The Bertz CT molecular complexity index is 1210. The fourth-order valence-corrected chi connectivity index (χ4v) is 7.18. The maximum absolute atomic E-state index is 12.7. The zero-order valence-electron chi connectivity index (χ0n) is 16.7. The Balaban J connectivity index is 1.57. The van der Waals surface area contributed by atoms with E-state index >= 15 is 0 Å². The van der Waals surface area contributed by atoms with E-state index in [1.54, 1.807) is 53.8 Å². The van der Waals surface area contributed by atoms with Crippen molar-refractivity contribution in [3.05, 3.63) is 70.7 Å². The zero-order chi connectivity index (χ0) is 21.7. The SMILES string of the molecule is CN1C(=O)C(=Cc2ccc(N3c4ccccc4Sc4ccccc43)[se]2)C(=O)N(C)C1=[Te]. The van der Waals surface area contributed by atoms with Crippen molar-refractivity contribution in [2.24, 2.45) is 0 Å². The van der Waals surface area contributed by atoms with Crippen LogP contribution in [0, 0.1) is 0 Å². The van der Waals surface area contributed by atoms with Crippen LogP contribution in [0.25, 0.3) is 6.08 Å². The van der Waals surface area contributed by atoms with Crippen LogP contribution in [0.4, 0.5) is 15.9 Å². The van der Waals surface area contributed by atoms with Crippen LogP contribution in [-0.2, 0) is 9.59 Å². The van der Waals surface area contributed by atoms with E-state index in [1.165, 1.54) is 24.2 Å². The molecule has 0 unspecified atom stereocenters. The van der Waals surface area contributed by atoms with Crippen LogP contribution in [0.3, 0.4) is 0 Å². The van der Waals surface area contributed by atoms with Gasteiger partial charge in [-0.15, -0.1) is 0 Å². The summed E-state index contributed by atoms with van der Waals surface area (Å²) in [4.78, 5) is 33.3. The van der Waals surface area contributed by atoms with Gasteiger partial charge in [-0.2, -0.15) is 0 Å². The van der Waals surface area contributed by atoms with Gasteiger partial charge in [0.25, 0.3) is 0 Å². The molecule has 0 radical (unpaired) electrons. The summed E-state index contributed by atoms with van der Waals surface area (Å²) in [5, 5.41) is 0. The number of para-hydroxylation sites is 2. The number of hydrogen-bond acceptors (Lipinski definition) is 4. The van der Waals surface area contributed by atoms with E-state index in [2.05, 4.69) is 59.5 Å². The van der Waals surface area contributed by atoms with Gasteiger partial charge < -0.3 is 0 Å². The Morgan fingerprint density at radius 3 is 1.97 bits per heavy atom. The molecule has 1 aromatic heterocycles. The van der Waals surface area contributed by atoms with Crippen LogP contribution in [0.2, 0.25) is 0 Å². The number of likely N-dealkylation sites (N-methyl/N-ethyl adjacent to an activating group) is 2. The van der Waals surface area contributed by atoms with Crippen molar-refractivity contribution in [3.8, 4) is 0 Å². The number of carbonyl (C=O) groups excluding carboxylic acids is 2. The maximum atomic E-state index is 12.7. The summed E-state index contributed by atoms with van der Waals surface area (Å²) in [5.74, 6) is -0.503. The van der Waals surface area contributed by atoms with Gasteiger partial charge in [0.05, 0.1) is 0 Å². The third-order valence-electron chi connectivity index (χ3n) is 5.20. The number of carbonyl (C=O) groups is 2. The number of anilines is 3. The molecule has 5 rings (SSSR count). The van der Waals surface area contributed by atoms with Gasteiger partial charge in [-0.1, -0.05) is 0 Å². The van der Waals surface area contributed by atoms with Gasteiger partial charge in [-0.25, -0.2) is 0 Å². The summed E-state index contributed by atoms with van der Waals surface area (Å²) in [6, 6.07) is 21.0. The van der Waals surface area contributed by atoms with Gasteiger partial charge in [0.1, 0.15) is 0 Å². The van der Waals surface area contributed by atoms with Crippen molar-refractivity contribution in [1.82, 2.24) is 9.80 Å². The third kappa shape index (κ3) is 3.53. The number of rotatable bonds is 2. The molecule has 3 heterocycles. The van der Waals surface area contributed by atoms with Crippen molar-refractivity contribution in [2.75, 3.05) is 19.0 Å². The summed E-state index contributed by atoms with van der Waals surface area (Å²) in [7, 11) is 3.40. The predicted octanol–water partition coefficient (Wildman–Crippen LogP) is 3.25. The van der Waals surface area contributed by atoms with Gasteiger partial charge in [0.15, 0.2) is 0 Å². The quantitative estimate of drug-likeness (QED) is 0.200. The van der Waals surface area contributed by atoms with Crippen molar-refractivity contribution < 1.29 is 9.59 Å². The summed E-state index contributed by atoms with van der Waals surface area (Å²) in [5.41, 5.74) is 2.54. The predicted molar refractivity (Wildman–Crippen MR) is 126 cm³/mol. The van der Waals surface area contributed by atoms with E-state index < -0.39 is 0 Å². The molecular formula is C23H17N3O2SSeTe. The topological polar surface area (TPSA) is 43.9 Å². The number of benzene rings is 2. The number of fused-ring (bicyclic) bond motifs is 2. The molecule has 31 heavy (non-hydrogen) atoms. The molecular weight excluding hydrogens is 589 g/mol.